The summed E-state index contributed by atoms with van der Waals surface area (Å²) in [7, 11) is 3.18. The minimum atomic E-state index is -0.263. The second kappa shape index (κ2) is 9.85. The van der Waals surface area contributed by atoms with Crippen molar-refractivity contribution in [2.45, 2.75) is 44.4 Å². The molecule has 1 aliphatic carbocycles. The van der Waals surface area contributed by atoms with Crippen molar-refractivity contribution in [1.82, 2.24) is 14.9 Å². The number of nitrogens with zero attached hydrogens (tertiary/aromatic N) is 4. The van der Waals surface area contributed by atoms with Crippen LogP contribution in [0, 0.1) is 0 Å². The van der Waals surface area contributed by atoms with Gasteiger partial charge in [-0.25, -0.2) is 9.78 Å². The predicted molar refractivity (Wildman–Crippen MR) is 134 cm³/mol. The van der Waals surface area contributed by atoms with E-state index in [9.17, 15) is 4.79 Å². The van der Waals surface area contributed by atoms with Crippen molar-refractivity contribution in [2.75, 3.05) is 37.9 Å². The summed E-state index contributed by atoms with van der Waals surface area (Å²) in [6, 6.07) is 13.5. The van der Waals surface area contributed by atoms with Crippen molar-refractivity contribution in [3.8, 4) is 11.5 Å². The Bertz CT molecular complexity index is 1210. The highest BCUT2D eigenvalue weighted by Crippen LogP contribution is 2.37. The van der Waals surface area contributed by atoms with Crippen molar-refractivity contribution >= 4 is 28.8 Å². The summed E-state index contributed by atoms with van der Waals surface area (Å²) >= 11 is 0. The third-order valence-electron chi connectivity index (χ3n) is 6.99. The van der Waals surface area contributed by atoms with E-state index in [-0.39, 0.29) is 24.8 Å². The largest absolute Gasteiger partial charge is 0.493 e. The highest BCUT2D eigenvalue weighted by Gasteiger charge is 2.42. The Balaban J connectivity index is 1.39. The van der Waals surface area contributed by atoms with E-state index in [0.717, 1.165) is 36.6 Å². The van der Waals surface area contributed by atoms with Crippen molar-refractivity contribution < 1.29 is 19.0 Å². The molecule has 0 spiro atoms. The summed E-state index contributed by atoms with van der Waals surface area (Å²) in [6.45, 7) is 1.43. The molecule has 2 aromatic carbocycles. The van der Waals surface area contributed by atoms with Gasteiger partial charge in [-0.1, -0.05) is 43.2 Å². The number of rotatable bonds is 5. The van der Waals surface area contributed by atoms with Gasteiger partial charge < -0.3 is 29.7 Å². The zero-order chi connectivity index (χ0) is 24.4. The quantitative estimate of drug-likeness (QED) is 0.588. The van der Waals surface area contributed by atoms with Crippen LogP contribution in [-0.4, -0.2) is 60.4 Å². The molecule has 5 rings (SSSR count). The van der Waals surface area contributed by atoms with Crippen LogP contribution >= 0.6 is 0 Å². The zero-order valence-corrected chi connectivity index (χ0v) is 20.1. The van der Waals surface area contributed by atoms with Gasteiger partial charge >= 0.3 is 6.09 Å². The van der Waals surface area contributed by atoms with Crippen LogP contribution in [0.3, 0.4) is 0 Å². The normalized spacial score (nSPS) is 19.8. The first kappa shape index (κ1) is 23.0. The van der Waals surface area contributed by atoms with Crippen LogP contribution in [0.15, 0.2) is 42.5 Å². The molecule has 2 N–H and O–H groups in total. The highest BCUT2D eigenvalue weighted by atomic mass is 16.6. The number of aromatic nitrogens is 2. The van der Waals surface area contributed by atoms with Gasteiger partial charge in [0.05, 0.1) is 31.8 Å². The zero-order valence-electron chi connectivity index (χ0n) is 20.1. The van der Waals surface area contributed by atoms with Gasteiger partial charge in [-0.3, -0.25) is 0 Å². The molecule has 35 heavy (non-hydrogen) atoms. The number of hydrogen-bond acceptors (Lipinski definition) is 8. The van der Waals surface area contributed by atoms with Crippen LogP contribution in [0.4, 0.5) is 16.6 Å². The number of anilines is 2. The number of methoxy groups -OCH3 is 2. The fourth-order valence-electron chi connectivity index (χ4n) is 5.24. The van der Waals surface area contributed by atoms with Gasteiger partial charge in [-0.05, 0) is 24.5 Å². The molecule has 184 valence electrons. The van der Waals surface area contributed by atoms with E-state index >= 15 is 0 Å². The van der Waals surface area contributed by atoms with Gasteiger partial charge in [0.25, 0.3) is 0 Å². The summed E-state index contributed by atoms with van der Waals surface area (Å²) < 4.78 is 16.5. The topological polar surface area (TPSA) is 103 Å². The Morgan fingerprint density at radius 1 is 1.00 bits per heavy atom. The Morgan fingerprint density at radius 2 is 1.71 bits per heavy atom. The standard InChI is InChI=1S/C26H31N5O4/c1-33-22-14-18-19(15-23(22)34-2)28-25(29-24(18)27)30-12-13-31(21-11-7-6-10-20(21)30)26(32)35-16-17-8-4-3-5-9-17/h3-5,8-9,14-15,20-21H,6-7,10-13,16H2,1-2H3,(H2,27,28,29)/t20-,21+/m1/s1. The van der Waals surface area contributed by atoms with E-state index < -0.39 is 0 Å². The first-order valence-corrected chi connectivity index (χ1v) is 12.0. The number of fused-ring (bicyclic) bond motifs is 2. The number of ether oxygens (including phenoxy) is 3. The first-order valence-electron chi connectivity index (χ1n) is 12.0. The molecule has 2 atom stereocenters. The molecule has 1 saturated carbocycles. The number of nitrogens with two attached hydrogens (primary N) is 1. The molecule has 1 aromatic heterocycles. The van der Waals surface area contributed by atoms with Crippen LogP contribution in [-0.2, 0) is 11.3 Å². The lowest BCUT2D eigenvalue weighted by Crippen LogP contribution is -2.62. The third-order valence-corrected chi connectivity index (χ3v) is 6.99. The second-order valence-electron chi connectivity index (χ2n) is 8.98. The average molecular weight is 478 g/mol. The van der Waals surface area contributed by atoms with Gasteiger partial charge in [-0.2, -0.15) is 4.98 Å². The lowest BCUT2D eigenvalue weighted by molar-refractivity contribution is 0.0556. The van der Waals surface area contributed by atoms with E-state index in [1.165, 1.54) is 0 Å². The average Bonchev–Trinajstić information content (AvgIpc) is 2.90. The van der Waals surface area contributed by atoms with E-state index in [4.69, 9.17) is 24.9 Å². The summed E-state index contributed by atoms with van der Waals surface area (Å²) in [4.78, 5) is 26.6. The van der Waals surface area contributed by atoms with Gasteiger partial charge in [0.15, 0.2) is 11.5 Å². The molecule has 0 unspecified atom stereocenters. The molecular weight excluding hydrogens is 446 g/mol. The summed E-state index contributed by atoms with van der Waals surface area (Å²) in [5.74, 6) is 2.14. The van der Waals surface area contributed by atoms with Gasteiger partial charge in [0, 0.05) is 24.5 Å². The van der Waals surface area contributed by atoms with E-state index in [2.05, 4.69) is 9.88 Å². The summed E-state index contributed by atoms with van der Waals surface area (Å²) in [5, 5.41) is 0.717. The minimum absolute atomic E-state index is 0.0479. The maximum Gasteiger partial charge on any atom is 0.410 e. The van der Waals surface area contributed by atoms with E-state index in [1.807, 2.05) is 41.3 Å². The molecule has 3 aromatic rings. The number of benzene rings is 2. The van der Waals surface area contributed by atoms with E-state index in [0.29, 0.717) is 41.9 Å². The number of carbonyl (C=O) groups excluding carboxylic acids is 1. The predicted octanol–water partition coefficient (Wildman–Crippen LogP) is 4.00. The SMILES string of the molecule is COc1cc2nc(N3CCN(C(=O)OCc4ccccc4)[C@H]4CCCC[C@H]43)nc(N)c2cc1OC. The number of hydrogen-bond donors (Lipinski definition) is 1. The molecule has 9 nitrogen and oxygen atoms in total. The van der Waals surface area contributed by atoms with Crippen LogP contribution in [0.5, 0.6) is 11.5 Å². The Kier molecular flexibility index (Phi) is 6.48. The van der Waals surface area contributed by atoms with Crippen LogP contribution in [0.25, 0.3) is 10.9 Å². The monoisotopic (exact) mass is 477 g/mol. The molecule has 0 bridgehead atoms. The van der Waals surface area contributed by atoms with E-state index in [1.54, 1.807) is 20.3 Å². The Labute approximate surface area is 204 Å². The molecule has 1 saturated heterocycles. The smallest absolute Gasteiger partial charge is 0.410 e. The van der Waals surface area contributed by atoms with Crippen molar-refractivity contribution in [2.24, 2.45) is 0 Å². The molecule has 9 heteroatoms. The van der Waals surface area contributed by atoms with Crippen LogP contribution in [0.2, 0.25) is 0 Å². The maximum absolute atomic E-state index is 13.0. The van der Waals surface area contributed by atoms with Gasteiger partial charge in [0.2, 0.25) is 5.95 Å². The molecule has 2 aliphatic rings. The van der Waals surface area contributed by atoms with Crippen molar-refractivity contribution in [3.05, 3.63) is 48.0 Å². The lowest BCUT2D eigenvalue weighted by atomic mass is 9.86. The fourth-order valence-corrected chi connectivity index (χ4v) is 5.24. The third kappa shape index (κ3) is 4.50. The number of carbonyl (C=O) groups is 1. The Morgan fingerprint density at radius 3 is 2.46 bits per heavy atom. The first-order chi connectivity index (χ1) is 17.1. The van der Waals surface area contributed by atoms with Crippen LogP contribution in [0.1, 0.15) is 31.2 Å². The fraction of sp³-hybridized carbons (Fsp3) is 0.423. The van der Waals surface area contributed by atoms with Crippen LogP contribution < -0.4 is 20.1 Å². The maximum atomic E-state index is 13.0. The van der Waals surface area contributed by atoms with Gasteiger partial charge in [0.1, 0.15) is 12.4 Å². The number of amides is 1. The number of piperazine rings is 1. The molecule has 2 heterocycles. The second-order valence-corrected chi connectivity index (χ2v) is 8.98. The number of nitrogen functional groups attached to an aromatic ring is 1. The molecule has 1 aliphatic heterocycles. The van der Waals surface area contributed by atoms with Crippen molar-refractivity contribution in [1.29, 1.82) is 0 Å². The summed E-state index contributed by atoms with van der Waals surface area (Å²) in [6.07, 6.45) is 3.80. The Hall–Kier alpha value is -3.75. The molecular formula is C26H31N5O4. The lowest BCUT2D eigenvalue weighted by Gasteiger charge is -2.49. The highest BCUT2D eigenvalue weighted by molar-refractivity contribution is 5.91. The van der Waals surface area contributed by atoms with Crippen molar-refractivity contribution in [3.63, 3.8) is 0 Å². The molecule has 1 amide bonds. The molecule has 2 fully saturated rings. The molecule has 0 radical (unpaired) electrons. The minimum Gasteiger partial charge on any atom is -0.493 e. The summed E-state index contributed by atoms with van der Waals surface area (Å²) in [5.41, 5.74) is 8.03. The van der Waals surface area contributed by atoms with Gasteiger partial charge in [-0.15, -0.1) is 0 Å².